The maximum atomic E-state index is 8.98. The van der Waals surface area contributed by atoms with E-state index in [1.165, 1.54) is 4.88 Å². The van der Waals surface area contributed by atoms with Gasteiger partial charge in [0.15, 0.2) is 16.8 Å². The Morgan fingerprint density at radius 2 is 2.25 bits per heavy atom. The standard InChI is InChI=1S/C22H32N6O2S2/c1-3-8-31-22-27-20(24-11-14-9-17(14)19-13(2)25-12-32-19)18(23)21(28-22)26-15-4-5-16(10-15)30-7-6-29/h11-12,14-17,29H,3-10,23H2,1-2H3,(H,26,27,28). The Morgan fingerprint density at radius 1 is 1.38 bits per heavy atom. The van der Waals surface area contributed by atoms with Gasteiger partial charge in [0, 0.05) is 34.7 Å². The Bertz CT molecular complexity index is 937. The molecule has 0 spiro atoms. The molecule has 0 saturated heterocycles. The fourth-order valence-electron chi connectivity index (χ4n) is 4.05. The van der Waals surface area contributed by atoms with E-state index in [1.807, 2.05) is 11.7 Å². The van der Waals surface area contributed by atoms with Crippen molar-refractivity contribution in [1.29, 1.82) is 0 Å². The molecule has 2 aliphatic rings. The lowest BCUT2D eigenvalue weighted by molar-refractivity contribution is 0.0326. The van der Waals surface area contributed by atoms with Gasteiger partial charge in [-0.05, 0) is 39.0 Å². The predicted molar refractivity (Wildman–Crippen MR) is 131 cm³/mol. The predicted octanol–water partition coefficient (Wildman–Crippen LogP) is 4.17. The number of nitrogen functional groups attached to an aromatic ring is 1. The first-order valence-electron chi connectivity index (χ1n) is 11.3. The van der Waals surface area contributed by atoms with Crippen molar-refractivity contribution in [2.75, 3.05) is 30.0 Å². The number of ether oxygens (including phenoxy) is 1. The molecule has 4 unspecified atom stereocenters. The van der Waals surface area contributed by atoms with Crippen LogP contribution in [0.25, 0.3) is 0 Å². The fraction of sp³-hybridized carbons (Fsp3) is 0.636. The zero-order chi connectivity index (χ0) is 22.5. The van der Waals surface area contributed by atoms with Crippen LogP contribution >= 0.6 is 23.1 Å². The molecule has 0 bridgehead atoms. The molecule has 2 saturated carbocycles. The summed E-state index contributed by atoms with van der Waals surface area (Å²) in [6.45, 7) is 4.64. The number of nitrogens with zero attached hydrogens (tertiary/aromatic N) is 4. The molecule has 0 aromatic carbocycles. The molecular formula is C22H32N6O2S2. The summed E-state index contributed by atoms with van der Waals surface area (Å²) >= 11 is 3.35. The summed E-state index contributed by atoms with van der Waals surface area (Å²) in [5.41, 5.74) is 9.98. The highest BCUT2D eigenvalue weighted by Gasteiger charge is 2.39. The number of aromatic nitrogens is 3. The molecule has 32 heavy (non-hydrogen) atoms. The zero-order valence-electron chi connectivity index (χ0n) is 18.7. The molecule has 2 heterocycles. The number of nitrogens with one attached hydrogen (secondary N) is 1. The van der Waals surface area contributed by atoms with E-state index in [0.29, 0.717) is 40.9 Å². The molecule has 10 heteroatoms. The van der Waals surface area contributed by atoms with E-state index in [4.69, 9.17) is 20.6 Å². The third-order valence-electron chi connectivity index (χ3n) is 5.86. The number of aryl methyl sites for hydroxylation is 1. The summed E-state index contributed by atoms with van der Waals surface area (Å²) < 4.78 is 5.69. The van der Waals surface area contributed by atoms with E-state index < -0.39 is 0 Å². The minimum Gasteiger partial charge on any atom is -0.394 e. The minimum atomic E-state index is 0.0528. The van der Waals surface area contributed by atoms with E-state index in [0.717, 1.165) is 43.6 Å². The van der Waals surface area contributed by atoms with Crippen LogP contribution in [0.1, 0.15) is 55.5 Å². The SMILES string of the molecule is CCCSc1nc(N=CC2CC2c2scnc2C)c(N)c(NC2CCC(OCCO)C2)n1. The fourth-order valence-corrected chi connectivity index (χ4v) is 5.74. The van der Waals surface area contributed by atoms with Crippen LogP contribution in [0.5, 0.6) is 0 Å². The number of rotatable bonds is 11. The van der Waals surface area contributed by atoms with Crippen LogP contribution < -0.4 is 11.1 Å². The van der Waals surface area contributed by atoms with Crippen LogP contribution in [0.2, 0.25) is 0 Å². The van der Waals surface area contributed by atoms with Crippen LogP contribution in [-0.4, -0.2) is 57.4 Å². The minimum absolute atomic E-state index is 0.0528. The summed E-state index contributed by atoms with van der Waals surface area (Å²) in [6.07, 6.45) is 7.11. The summed E-state index contributed by atoms with van der Waals surface area (Å²) in [6, 6.07) is 0.235. The second kappa shape index (κ2) is 10.9. The van der Waals surface area contributed by atoms with Crippen LogP contribution in [-0.2, 0) is 4.74 Å². The van der Waals surface area contributed by atoms with Gasteiger partial charge in [0.25, 0.3) is 0 Å². The number of thioether (sulfide) groups is 1. The van der Waals surface area contributed by atoms with Gasteiger partial charge in [-0.25, -0.2) is 19.9 Å². The van der Waals surface area contributed by atoms with Crippen molar-refractivity contribution in [2.45, 2.75) is 69.2 Å². The monoisotopic (exact) mass is 476 g/mol. The highest BCUT2D eigenvalue weighted by molar-refractivity contribution is 7.99. The highest BCUT2D eigenvalue weighted by Crippen LogP contribution is 2.49. The van der Waals surface area contributed by atoms with Gasteiger partial charge in [0.2, 0.25) is 0 Å². The molecule has 2 aromatic rings. The van der Waals surface area contributed by atoms with Crippen molar-refractivity contribution < 1.29 is 9.84 Å². The quantitative estimate of drug-likeness (QED) is 0.251. The van der Waals surface area contributed by atoms with E-state index in [-0.39, 0.29) is 18.8 Å². The third-order valence-corrected chi connectivity index (χ3v) is 7.97. The number of hydrogen-bond donors (Lipinski definition) is 3. The lowest BCUT2D eigenvalue weighted by Gasteiger charge is -2.17. The number of nitrogens with two attached hydrogens (primary N) is 1. The van der Waals surface area contributed by atoms with Gasteiger partial charge in [-0.3, -0.25) is 0 Å². The molecular weight excluding hydrogens is 444 g/mol. The first-order valence-corrected chi connectivity index (χ1v) is 13.2. The molecule has 174 valence electrons. The number of hydrogen-bond acceptors (Lipinski definition) is 10. The molecule has 2 aliphatic carbocycles. The third kappa shape index (κ3) is 5.78. The Labute approximate surface area is 197 Å². The molecule has 4 N–H and O–H groups in total. The van der Waals surface area contributed by atoms with Gasteiger partial charge in [-0.1, -0.05) is 18.7 Å². The first kappa shape index (κ1) is 23.4. The van der Waals surface area contributed by atoms with Crippen molar-refractivity contribution in [3.63, 3.8) is 0 Å². The van der Waals surface area contributed by atoms with Crippen molar-refractivity contribution in [1.82, 2.24) is 15.0 Å². The molecule has 4 rings (SSSR count). The van der Waals surface area contributed by atoms with E-state index in [1.54, 1.807) is 23.1 Å². The van der Waals surface area contributed by atoms with Crippen LogP contribution in [0.15, 0.2) is 15.7 Å². The maximum absolute atomic E-state index is 8.98. The second-order valence-corrected chi connectivity index (χ2v) is 10.3. The van der Waals surface area contributed by atoms with Gasteiger partial charge >= 0.3 is 0 Å². The lowest BCUT2D eigenvalue weighted by atomic mass is 10.2. The first-order chi connectivity index (χ1) is 15.6. The lowest BCUT2D eigenvalue weighted by Crippen LogP contribution is -2.20. The smallest absolute Gasteiger partial charge is 0.191 e. The summed E-state index contributed by atoms with van der Waals surface area (Å²) in [5, 5.41) is 13.2. The Morgan fingerprint density at radius 3 is 3.00 bits per heavy atom. The van der Waals surface area contributed by atoms with Crippen molar-refractivity contribution in [3.05, 3.63) is 16.1 Å². The highest BCUT2D eigenvalue weighted by atomic mass is 32.2. The molecule has 0 radical (unpaired) electrons. The molecule has 8 nitrogen and oxygen atoms in total. The van der Waals surface area contributed by atoms with Crippen molar-refractivity contribution >= 4 is 46.6 Å². The van der Waals surface area contributed by atoms with Gasteiger partial charge in [-0.2, -0.15) is 0 Å². The van der Waals surface area contributed by atoms with Crippen molar-refractivity contribution in [2.24, 2.45) is 10.9 Å². The maximum Gasteiger partial charge on any atom is 0.191 e. The van der Waals surface area contributed by atoms with Crippen LogP contribution in [0, 0.1) is 12.8 Å². The van der Waals surface area contributed by atoms with Gasteiger partial charge in [0.05, 0.1) is 30.5 Å². The molecule has 2 aromatic heterocycles. The zero-order valence-corrected chi connectivity index (χ0v) is 20.3. The summed E-state index contributed by atoms with van der Waals surface area (Å²) in [4.78, 5) is 19.7. The average molecular weight is 477 g/mol. The Hall–Kier alpha value is -1.75. The number of aliphatic imine (C=N–C) groups is 1. The van der Waals surface area contributed by atoms with E-state index in [2.05, 4.69) is 34.1 Å². The van der Waals surface area contributed by atoms with E-state index >= 15 is 0 Å². The molecule has 2 fully saturated rings. The Kier molecular flexibility index (Phi) is 7.98. The van der Waals surface area contributed by atoms with Crippen LogP contribution in [0.3, 0.4) is 0 Å². The Balaban J connectivity index is 1.46. The number of aliphatic hydroxyl groups excluding tert-OH is 1. The normalized spacial score (nSPS) is 25.0. The summed E-state index contributed by atoms with van der Waals surface area (Å²) in [7, 11) is 0. The number of anilines is 2. The second-order valence-electron chi connectivity index (χ2n) is 8.40. The van der Waals surface area contributed by atoms with Crippen molar-refractivity contribution in [3.8, 4) is 0 Å². The number of aliphatic hydroxyl groups is 1. The largest absolute Gasteiger partial charge is 0.394 e. The number of thiazole rings is 1. The van der Waals surface area contributed by atoms with Gasteiger partial charge in [-0.15, -0.1) is 11.3 Å². The molecule has 0 aliphatic heterocycles. The van der Waals surface area contributed by atoms with Gasteiger partial charge in [0.1, 0.15) is 5.69 Å². The topological polar surface area (TPSA) is 119 Å². The molecule has 4 atom stereocenters. The summed E-state index contributed by atoms with van der Waals surface area (Å²) in [5.74, 6) is 3.06. The van der Waals surface area contributed by atoms with Crippen LogP contribution in [0.4, 0.5) is 17.3 Å². The van der Waals surface area contributed by atoms with Gasteiger partial charge < -0.3 is 20.9 Å². The van der Waals surface area contributed by atoms with E-state index in [9.17, 15) is 0 Å². The average Bonchev–Trinajstić information content (AvgIpc) is 3.18. The molecule has 0 amide bonds.